The molecule has 0 radical (unpaired) electrons. The number of hydrogen-bond acceptors (Lipinski definition) is 1. The Morgan fingerprint density at radius 2 is 2.08 bits per heavy atom. The molecule has 1 atom stereocenters. The number of hydrogen-bond donors (Lipinski definition) is 0. The second kappa shape index (κ2) is 3.27. The molecule has 2 fully saturated rings. The molecule has 1 spiro atoms. The van der Waals surface area contributed by atoms with Crippen LogP contribution in [0.4, 0.5) is 0 Å². The smallest absolute Gasteiger partial charge is 0.00730 e. The van der Waals surface area contributed by atoms with E-state index in [0.717, 1.165) is 17.4 Å². The van der Waals surface area contributed by atoms with Crippen molar-refractivity contribution in [1.82, 2.24) is 4.90 Å². The van der Waals surface area contributed by atoms with Crippen molar-refractivity contribution in [2.45, 2.75) is 52.5 Å². The molecule has 0 aromatic carbocycles. The molecule has 1 aliphatic carbocycles. The Morgan fingerprint density at radius 3 is 2.46 bits per heavy atom. The molecule has 1 saturated heterocycles. The van der Waals surface area contributed by atoms with Gasteiger partial charge in [-0.1, -0.05) is 20.3 Å². The van der Waals surface area contributed by atoms with Gasteiger partial charge in [0.2, 0.25) is 0 Å². The van der Waals surface area contributed by atoms with E-state index in [4.69, 9.17) is 0 Å². The number of likely N-dealkylation sites (tertiary alicyclic amines) is 1. The van der Waals surface area contributed by atoms with Gasteiger partial charge in [-0.25, -0.2) is 0 Å². The minimum absolute atomic E-state index is 0.772. The Bertz CT molecular complexity index is 182. The van der Waals surface area contributed by atoms with Crippen molar-refractivity contribution >= 4 is 0 Å². The first-order valence-corrected chi connectivity index (χ1v) is 5.85. The average molecular weight is 181 g/mol. The topological polar surface area (TPSA) is 3.24 Å². The van der Waals surface area contributed by atoms with Gasteiger partial charge in [0.1, 0.15) is 0 Å². The molecule has 0 aromatic heterocycles. The molecule has 1 aliphatic heterocycles. The lowest BCUT2D eigenvalue weighted by molar-refractivity contribution is 0.134. The molecule has 1 heterocycles. The van der Waals surface area contributed by atoms with Crippen molar-refractivity contribution in [1.29, 1.82) is 0 Å². The molecule has 0 N–H and O–H groups in total. The van der Waals surface area contributed by atoms with Gasteiger partial charge in [-0.2, -0.15) is 0 Å². The van der Waals surface area contributed by atoms with E-state index >= 15 is 0 Å². The highest BCUT2D eigenvalue weighted by molar-refractivity contribution is 4.99. The molecule has 1 nitrogen and oxygen atoms in total. The van der Waals surface area contributed by atoms with Gasteiger partial charge in [-0.05, 0) is 37.5 Å². The summed E-state index contributed by atoms with van der Waals surface area (Å²) in [6, 6.07) is 0.850. The summed E-state index contributed by atoms with van der Waals surface area (Å²) in [7, 11) is 0. The standard InChI is InChI=1S/C12H23N/c1-10(2)8-13-9-12(5-4-6-12)7-11(13)3/h10-11H,4-9H2,1-3H3. The van der Waals surface area contributed by atoms with E-state index < -0.39 is 0 Å². The molecule has 1 saturated carbocycles. The highest BCUT2D eigenvalue weighted by atomic mass is 15.2. The minimum Gasteiger partial charge on any atom is -0.300 e. The molecule has 0 amide bonds. The summed E-state index contributed by atoms with van der Waals surface area (Å²) in [4.78, 5) is 2.71. The van der Waals surface area contributed by atoms with E-state index in [1.807, 2.05) is 0 Å². The summed E-state index contributed by atoms with van der Waals surface area (Å²) in [5.74, 6) is 0.831. The lowest BCUT2D eigenvalue weighted by Crippen LogP contribution is -2.35. The van der Waals surface area contributed by atoms with Crippen molar-refractivity contribution in [3.8, 4) is 0 Å². The van der Waals surface area contributed by atoms with Crippen molar-refractivity contribution in [3.05, 3.63) is 0 Å². The Labute approximate surface area is 82.5 Å². The second-order valence-corrected chi connectivity index (χ2v) is 5.73. The van der Waals surface area contributed by atoms with E-state index in [2.05, 4.69) is 25.7 Å². The predicted octanol–water partition coefficient (Wildman–Crippen LogP) is 2.91. The maximum Gasteiger partial charge on any atom is 0.00730 e. The molecule has 2 aliphatic rings. The number of nitrogens with zero attached hydrogens (tertiary/aromatic N) is 1. The molecular weight excluding hydrogens is 158 g/mol. The Balaban J connectivity index is 1.91. The van der Waals surface area contributed by atoms with Gasteiger partial charge in [0, 0.05) is 19.1 Å². The van der Waals surface area contributed by atoms with Crippen LogP contribution in [-0.2, 0) is 0 Å². The van der Waals surface area contributed by atoms with Crippen LogP contribution in [0.5, 0.6) is 0 Å². The van der Waals surface area contributed by atoms with Gasteiger partial charge >= 0.3 is 0 Å². The van der Waals surface area contributed by atoms with Crippen LogP contribution < -0.4 is 0 Å². The molecule has 13 heavy (non-hydrogen) atoms. The van der Waals surface area contributed by atoms with Crippen molar-refractivity contribution in [2.24, 2.45) is 11.3 Å². The summed E-state index contributed by atoms with van der Waals surface area (Å²) in [5.41, 5.74) is 0.772. The lowest BCUT2D eigenvalue weighted by Gasteiger charge is -2.38. The van der Waals surface area contributed by atoms with E-state index in [0.29, 0.717) is 0 Å². The summed E-state index contributed by atoms with van der Waals surface area (Å²) in [6.45, 7) is 9.78. The fourth-order valence-electron chi connectivity index (χ4n) is 3.16. The van der Waals surface area contributed by atoms with Crippen LogP contribution in [0.1, 0.15) is 46.5 Å². The Hall–Kier alpha value is -0.0400. The molecule has 1 unspecified atom stereocenters. The van der Waals surface area contributed by atoms with E-state index in [9.17, 15) is 0 Å². The van der Waals surface area contributed by atoms with Gasteiger partial charge in [-0.15, -0.1) is 0 Å². The van der Waals surface area contributed by atoms with Gasteiger partial charge in [0.15, 0.2) is 0 Å². The fourth-order valence-corrected chi connectivity index (χ4v) is 3.16. The van der Waals surface area contributed by atoms with E-state index in [1.165, 1.54) is 38.8 Å². The third-order valence-corrected chi connectivity index (χ3v) is 3.90. The lowest BCUT2D eigenvalue weighted by atomic mass is 9.68. The van der Waals surface area contributed by atoms with Crippen molar-refractivity contribution < 1.29 is 0 Å². The van der Waals surface area contributed by atoms with E-state index in [-0.39, 0.29) is 0 Å². The summed E-state index contributed by atoms with van der Waals surface area (Å²) >= 11 is 0. The van der Waals surface area contributed by atoms with Gasteiger partial charge in [0.05, 0.1) is 0 Å². The number of rotatable bonds is 2. The first-order valence-electron chi connectivity index (χ1n) is 5.85. The van der Waals surface area contributed by atoms with Crippen LogP contribution in [0.2, 0.25) is 0 Å². The maximum atomic E-state index is 2.71. The van der Waals surface area contributed by atoms with Crippen molar-refractivity contribution in [2.75, 3.05) is 13.1 Å². The maximum absolute atomic E-state index is 2.71. The predicted molar refractivity (Wildman–Crippen MR) is 56.8 cm³/mol. The zero-order valence-corrected chi connectivity index (χ0v) is 9.34. The fraction of sp³-hybridized carbons (Fsp3) is 1.00. The Morgan fingerprint density at radius 1 is 1.38 bits per heavy atom. The second-order valence-electron chi connectivity index (χ2n) is 5.73. The van der Waals surface area contributed by atoms with Gasteiger partial charge < -0.3 is 0 Å². The van der Waals surface area contributed by atoms with Gasteiger partial charge in [0.25, 0.3) is 0 Å². The molecular formula is C12H23N. The summed E-state index contributed by atoms with van der Waals surface area (Å²) < 4.78 is 0. The van der Waals surface area contributed by atoms with Crippen LogP contribution in [0.15, 0.2) is 0 Å². The van der Waals surface area contributed by atoms with Crippen LogP contribution in [0.25, 0.3) is 0 Å². The van der Waals surface area contributed by atoms with Crippen LogP contribution in [-0.4, -0.2) is 24.0 Å². The SMILES string of the molecule is CC(C)CN1CC2(CCC2)CC1C. The highest BCUT2D eigenvalue weighted by Crippen LogP contribution is 2.50. The summed E-state index contributed by atoms with van der Waals surface area (Å²) in [6.07, 6.45) is 5.97. The minimum atomic E-state index is 0.772. The Kier molecular flexibility index (Phi) is 2.39. The molecule has 0 aromatic rings. The first-order chi connectivity index (χ1) is 6.11. The zero-order valence-electron chi connectivity index (χ0n) is 9.34. The normalized spacial score (nSPS) is 32.8. The molecule has 2 rings (SSSR count). The molecule has 0 bridgehead atoms. The average Bonchev–Trinajstić information content (AvgIpc) is 2.27. The molecule has 1 heteroatoms. The zero-order chi connectivity index (χ0) is 9.47. The molecule has 76 valence electrons. The quantitative estimate of drug-likeness (QED) is 0.633. The summed E-state index contributed by atoms with van der Waals surface area (Å²) in [5, 5.41) is 0. The van der Waals surface area contributed by atoms with Crippen molar-refractivity contribution in [3.63, 3.8) is 0 Å². The highest BCUT2D eigenvalue weighted by Gasteiger charge is 2.45. The van der Waals surface area contributed by atoms with E-state index in [1.54, 1.807) is 0 Å². The van der Waals surface area contributed by atoms with Crippen LogP contribution in [0.3, 0.4) is 0 Å². The third-order valence-electron chi connectivity index (χ3n) is 3.90. The third kappa shape index (κ3) is 1.76. The largest absolute Gasteiger partial charge is 0.300 e. The monoisotopic (exact) mass is 181 g/mol. The van der Waals surface area contributed by atoms with Crippen LogP contribution >= 0.6 is 0 Å². The van der Waals surface area contributed by atoms with Gasteiger partial charge in [-0.3, -0.25) is 4.90 Å². The first kappa shape index (κ1) is 9.51. The van der Waals surface area contributed by atoms with Crippen LogP contribution in [0, 0.1) is 11.3 Å².